The summed E-state index contributed by atoms with van der Waals surface area (Å²) in [7, 11) is -3.60. The highest BCUT2D eigenvalue weighted by Crippen LogP contribution is 2.37. The van der Waals surface area contributed by atoms with E-state index in [1.807, 2.05) is 16.7 Å². The summed E-state index contributed by atoms with van der Waals surface area (Å²) in [5, 5.41) is 0. The van der Waals surface area contributed by atoms with Crippen LogP contribution in [0.4, 0.5) is 0 Å². The number of carbonyl (C=O) groups excluding carboxylic acids is 1. The Hall–Kier alpha value is -2.69. The molecule has 3 heterocycles. The Morgan fingerprint density at radius 3 is 2.40 bits per heavy atom. The topological polar surface area (TPSA) is 90.2 Å². The van der Waals surface area contributed by atoms with E-state index in [9.17, 15) is 13.2 Å². The van der Waals surface area contributed by atoms with Crippen molar-refractivity contribution in [3.63, 3.8) is 0 Å². The van der Waals surface area contributed by atoms with Gasteiger partial charge in [-0.1, -0.05) is 32.1 Å². The van der Waals surface area contributed by atoms with E-state index in [4.69, 9.17) is 9.47 Å². The molecule has 1 fully saturated rings. The van der Waals surface area contributed by atoms with E-state index in [-0.39, 0.29) is 11.7 Å². The maximum Gasteiger partial charge on any atom is 0.279 e. The molecule has 3 aromatic rings. The molecule has 1 saturated heterocycles. The third-order valence-electron chi connectivity index (χ3n) is 6.40. The predicted octanol–water partition coefficient (Wildman–Crippen LogP) is 4.25. The van der Waals surface area contributed by atoms with Crippen LogP contribution in [0.2, 0.25) is 0 Å². The van der Waals surface area contributed by atoms with E-state index < -0.39 is 15.9 Å². The van der Waals surface area contributed by atoms with Crippen molar-refractivity contribution >= 4 is 37.5 Å². The summed E-state index contributed by atoms with van der Waals surface area (Å²) in [5.41, 5.74) is 1.29. The molecule has 35 heavy (non-hydrogen) atoms. The number of piperidine rings is 1. The lowest BCUT2D eigenvalue weighted by Crippen LogP contribution is -2.42. The zero-order valence-corrected chi connectivity index (χ0v) is 21.7. The Morgan fingerprint density at radius 1 is 1.09 bits per heavy atom. The molecule has 0 radical (unpaired) electrons. The number of thiazole rings is 1. The summed E-state index contributed by atoms with van der Waals surface area (Å²) in [6, 6.07) is 9.94. The van der Waals surface area contributed by atoms with Gasteiger partial charge in [-0.25, -0.2) is 8.42 Å². The van der Waals surface area contributed by atoms with Crippen LogP contribution in [0.3, 0.4) is 0 Å². The van der Waals surface area contributed by atoms with Crippen LogP contribution in [-0.2, 0) is 16.6 Å². The predicted molar refractivity (Wildman–Crippen MR) is 134 cm³/mol. The van der Waals surface area contributed by atoms with Crippen LogP contribution in [0.5, 0.6) is 11.5 Å². The Bertz CT molecular complexity index is 1430. The van der Waals surface area contributed by atoms with E-state index in [1.54, 1.807) is 16.4 Å². The lowest BCUT2D eigenvalue weighted by Gasteiger charge is -2.34. The number of aryl methyl sites for hydroxylation is 1. The minimum absolute atomic E-state index is 0.202. The standard InChI is InChI=1S/C25H29N3O5S2/c1-4-9-28-20-11-21-22(33-15-32-21)12-23(20)34-25(28)26-24(29)18-5-7-19(8-6-18)35(30,31)27-13-16(2)10-17(3)14-27/h5-8,11-12,16-17H,4,9-10,13-15H2,1-3H3. The van der Waals surface area contributed by atoms with Gasteiger partial charge in [0, 0.05) is 37.3 Å². The SMILES string of the molecule is CCCn1c(=NC(=O)c2ccc(S(=O)(=O)N3CC(C)CC(C)C3)cc2)sc2cc3c(cc21)OCO3. The van der Waals surface area contributed by atoms with E-state index in [2.05, 4.69) is 25.8 Å². The second kappa shape index (κ2) is 9.40. The molecule has 2 aliphatic heterocycles. The Balaban J connectivity index is 1.44. The average molecular weight is 516 g/mol. The van der Waals surface area contributed by atoms with Crippen molar-refractivity contribution in [2.45, 2.75) is 45.1 Å². The Kier molecular flexibility index (Phi) is 6.45. The molecular formula is C25H29N3O5S2. The van der Waals surface area contributed by atoms with Crippen molar-refractivity contribution in [1.82, 2.24) is 8.87 Å². The van der Waals surface area contributed by atoms with Crippen molar-refractivity contribution in [3.05, 3.63) is 46.8 Å². The van der Waals surface area contributed by atoms with Crippen LogP contribution in [0.15, 0.2) is 46.3 Å². The van der Waals surface area contributed by atoms with Crippen LogP contribution in [0.25, 0.3) is 10.2 Å². The first-order chi connectivity index (χ1) is 16.8. The molecule has 0 spiro atoms. The molecule has 2 aromatic carbocycles. The molecule has 0 bridgehead atoms. The van der Waals surface area contributed by atoms with Gasteiger partial charge in [-0.05, 0) is 48.9 Å². The number of carbonyl (C=O) groups is 1. The number of hydrogen-bond donors (Lipinski definition) is 0. The van der Waals surface area contributed by atoms with E-state index in [0.717, 1.165) is 23.1 Å². The number of nitrogens with zero attached hydrogens (tertiary/aromatic N) is 3. The molecule has 0 aliphatic carbocycles. The number of aromatic nitrogens is 1. The van der Waals surface area contributed by atoms with Gasteiger partial charge in [0.1, 0.15) is 0 Å². The number of benzene rings is 2. The van der Waals surface area contributed by atoms with Crippen molar-refractivity contribution < 1.29 is 22.7 Å². The van der Waals surface area contributed by atoms with Gasteiger partial charge in [0.05, 0.1) is 15.1 Å². The fourth-order valence-electron chi connectivity index (χ4n) is 4.86. The molecule has 2 atom stereocenters. The van der Waals surface area contributed by atoms with E-state index in [0.29, 0.717) is 53.3 Å². The maximum atomic E-state index is 13.1. The van der Waals surface area contributed by atoms with Crippen molar-refractivity contribution in [1.29, 1.82) is 0 Å². The van der Waals surface area contributed by atoms with Gasteiger partial charge >= 0.3 is 0 Å². The normalized spacial score (nSPS) is 21.1. The number of sulfonamides is 1. The third kappa shape index (κ3) is 4.62. The third-order valence-corrected chi connectivity index (χ3v) is 9.28. The fourth-order valence-corrected chi connectivity index (χ4v) is 7.60. The number of fused-ring (bicyclic) bond motifs is 2. The fraction of sp³-hybridized carbons (Fsp3) is 0.440. The van der Waals surface area contributed by atoms with Gasteiger partial charge in [0.2, 0.25) is 16.8 Å². The van der Waals surface area contributed by atoms with Gasteiger partial charge in [-0.2, -0.15) is 9.30 Å². The van der Waals surface area contributed by atoms with Gasteiger partial charge in [0.25, 0.3) is 5.91 Å². The summed E-state index contributed by atoms with van der Waals surface area (Å²) < 4.78 is 41.8. The highest BCUT2D eigenvalue weighted by Gasteiger charge is 2.31. The second-order valence-electron chi connectivity index (χ2n) is 9.42. The molecule has 0 saturated carbocycles. The smallest absolute Gasteiger partial charge is 0.279 e. The highest BCUT2D eigenvalue weighted by molar-refractivity contribution is 7.89. The Labute approximate surface area is 208 Å². The number of ether oxygens (including phenoxy) is 2. The minimum atomic E-state index is -3.60. The zero-order valence-electron chi connectivity index (χ0n) is 20.1. The largest absolute Gasteiger partial charge is 0.454 e. The van der Waals surface area contributed by atoms with Crippen LogP contribution >= 0.6 is 11.3 Å². The summed E-state index contributed by atoms with van der Waals surface area (Å²) >= 11 is 1.42. The highest BCUT2D eigenvalue weighted by atomic mass is 32.2. The summed E-state index contributed by atoms with van der Waals surface area (Å²) in [4.78, 5) is 18.2. The monoisotopic (exact) mass is 515 g/mol. The molecule has 1 aromatic heterocycles. The first kappa shape index (κ1) is 24.0. The molecule has 8 nitrogen and oxygen atoms in total. The van der Waals surface area contributed by atoms with Crippen LogP contribution < -0.4 is 14.3 Å². The first-order valence-corrected chi connectivity index (χ1v) is 14.1. The molecule has 5 rings (SSSR count). The molecule has 1 amide bonds. The molecule has 0 N–H and O–H groups in total. The number of rotatable bonds is 5. The summed E-state index contributed by atoms with van der Waals surface area (Å²) in [5.74, 6) is 1.61. The van der Waals surface area contributed by atoms with E-state index >= 15 is 0 Å². The molecular weight excluding hydrogens is 486 g/mol. The van der Waals surface area contributed by atoms with Crippen LogP contribution in [0, 0.1) is 11.8 Å². The van der Waals surface area contributed by atoms with Crippen LogP contribution in [-0.4, -0.2) is 43.1 Å². The molecule has 2 aliphatic rings. The number of amides is 1. The quantitative estimate of drug-likeness (QED) is 0.507. The van der Waals surface area contributed by atoms with E-state index in [1.165, 1.54) is 23.5 Å². The number of hydrogen-bond acceptors (Lipinski definition) is 6. The lowest BCUT2D eigenvalue weighted by atomic mass is 9.94. The van der Waals surface area contributed by atoms with Gasteiger partial charge in [-0.15, -0.1) is 0 Å². The maximum absolute atomic E-state index is 13.1. The summed E-state index contributed by atoms with van der Waals surface area (Å²) in [6.45, 7) is 8.17. The average Bonchev–Trinajstić information content (AvgIpc) is 3.41. The van der Waals surface area contributed by atoms with Crippen molar-refractivity contribution in [2.24, 2.45) is 16.8 Å². The zero-order chi connectivity index (χ0) is 24.7. The minimum Gasteiger partial charge on any atom is -0.454 e. The van der Waals surface area contributed by atoms with Crippen molar-refractivity contribution in [3.8, 4) is 11.5 Å². The van der Waals surface area contributed by atoms with Crippen LogP contribution in [0.1, 0.15) is 44.0 Å². The van der Waals surface area contributed by atoms with Gasteiger partial charge in [-0.3, -0.25) is 4.79 Å². The Morgan fingerprint density at radius 2 is 1.74 bits per heavy atom. The summed E-state index contributed by atoms with van der Waals surface area (Å²) in [6.07, 6.45) is 1.90. The van der Waals surface area contributed by atoms with Crippen molar-refractivity contribution in [2.75, 3.05) is 19.9 Å². The molecule has 2 unspecified atom stereocenters. The molecule has 186 valence electrons. The second-order valence-corrected chi connectivity index (χ2v) is 12.4. The lowest BCUT2D eigenvalue weighted by molar-refractivity contribution is 0.0997. The first-order valence-electron chi connectivity index (χ1n) is 11.9. The molecule has 10 heteroatoms. The van der Waals surface area contributed by atoms with Gasteiger partial charge in [0.15, 0.2) is 16.3 Å². The van der Waals surface area contributed by atoms with Gasteiger partial charge < -0.3 is 14.0 Å².